The average Bonchev–Trinajstić information content (AvgIpc) is 2.46. The number of rotatable bonds is 8. The van der Waals surface area contributed by atoms with E-state index in [0.29, 0.717) is 0 Å². The molecule has 0 spiro atoms. The van der Waals surface area contributed by atoms with Crippen molar-refractivity contribution in [3.8, 4) is 0 Å². The van der Waals surface area contributed by atoms with E-state index in [2.05, 4.69) is 99.1 Å². The molecule has 12 heteroatoms. The highest BCUT2D eigenvalue weighted by Gasteiger charge is 2.41. The third kappa shape index (κ3) is 4.06. The van der Waals surface area contributed by atoms with Gasteiger partial charge in [0.1, 0.15) is 0 Å². The highest BCUT2D eigenvalue weighted by Crippen LogP contribution is 2.77. The first-order valence-electron chi connectivity index (χ1n) is 8.15. The molecule has 1 aliphatic heterocycles. The van der Waals surface area contributed by atoms with Crippen LogP contribution in [0.25, 0.3) is 0 Å². The third-order valence-electron chi connectivity index (χ3n) is 3.67. The molecule has 0 amide bonds. The molecule has 2 atom stereocenters. The predicted molar refractivity (Wildman–Crippen MR) is 110 cm³/mol. The van der Waals surface area contributed by atoms with Gasteiger partial charge in [0.25, 0.3) is 0 Å². The summed E-state index contributed by atoms with van der Waals surface area (Å²) in [5.41, 5.74) is 0. The average molecular weight is 399 g/mol. The lowest BCUT2D eigenvalue weighted by Crippen LogP contribution is -2.29. The Morgan fingerprint density at radius 1 is 0.583 bits per heavy atom. The molecule has 0 radical (unpaired) electrons. The van der Waals surface area contributed by atoms with E-state index < -0.39 is 22.5 Å². The molecular weight excluding hydrogens is 363 g/mol. The molecule has 24 heavy (non-hydrogen) atoms. The van der Waals surface area contributed by atoms with Crippen LogP contribution in [0.1, 0.15) is 13.8 Å². The zero-order chi connectivity index (χ0) is 18.8. The molecule has 0 unspecified atom stereocenters. The van der Waals surface area contributed by atoms with Crippen LogP contribution in [0.15, 0.2) is 13.5 Å². The second-order valence-electron chi connectivity index (χ2n) is 6.35. The van der Waals surface area contributed by atoms with Crippen LogP contribution in [-0.2, 0) is 0 Å². The van der Waals surface area contributed by atoms with Crippen LogP contribution in [0.4, 0.5) is 0 Å². The molecule has 1 heterocycles. The first-order valence-corrected chi connectivity index (χ1v) is 13.0. The lowest BCUT2D eigenvalue weighted by atomic mass is 10.8. The van der Waals surface area contributed by atoms with Gasteiger partial charge in [0, 0.05) is 13.1 Å². The van der Waals surface area contributed by atoms with Crippen molar-refractivity contribution in [1.82, 2.24) is 28.9 Å². The van der Waals surface area contributed by atoms with Crippen LogP contribution in [0.5, 0.6) is 0 Å². The summed E-state index contributed by atoms with van der Waals surface area (Å²) in [7, 11) is 9.79. The normalized spacial score (nSPS) is 29.8. The Balaban J connectivity index is 4.00. The fourth-order valence-corrected chi connectivity index (χ4v) is 16.1. The third-order valence-corrected chi connectivity index (χ3v) is 15.4. The van der Waals surface area contributed by atoms with Crippen molar-refractivity contribution in [3.05, 3.63) is 0 Å². The molecule has 0 aromatic rings. The molecule has 9 nitrogen and oxygen atoms in total. The van der Waals surface area contributed by atoms with Crippen molar-refractivity contribution in [2.24, 2.45) is 13.5 Å². The summed E-state index contributed by atoms with van der Waals surface area (Å²) < 4.78 is 24.6. The molecular formula is C12H36N9P3. The molecule has 1 aliphatic rings. The van der Waals surface area contributed by atoms with E-state index in [9.17, 15) is 0 Å². The fourth-order valence-electron chi connectivity index (χ4n) is 2.39. The number of hydrogen-bond donors (Lipinski definition) is 2. The Hall–Kier alpha value is 0.450. The second kappa shape index (κ2) is 8.43. The molecule has 0 aromatic heterocycles. The monoisotopic (exact) mass is 399 g/mol. The predicted octanol–water partition coefficient (Wildman–Crippen LogP) is 3.30. The highest BCUT2D eigenvalue weighted by molar-refractivity contribution is 7.83. The summed E-state index contributed by atoms with van der Waals surface area (Å²) in [4.78, 5) is 0. The van der Waals surface area contributed by atoms with Crippen molar-refractivity contribution in [1.29, 1.82) is 0 Å². The molecule has 0 fully saturated rings. The van der Waals surface area contributed by atoms with Crippen molar-refractivity contribution >= 4 is 22.5 Å². The summed E-state index contributed by atoms with van der Waals surface area (Å²) >= 11 is 0. The van der Waals surface area contributed by atoms with Gasteiger partial charge >= 0.3 is 0 Å². The number of nitrogens with zero attached hydrogens (tertiary/aromatic N) is 7. The minimum atomic E-state index is -2.25. The molecule has 2 N–H and O–H groups in total. The summed E-state index contributed by atoms with van der Waals surface area (Å²) in [6.45, 7) is 5.85. The zero-order valence-corrected chi connectivity index (χ0v) is 19.6. The van der Waals surface area contributed by atoms with Gasteiger partial charge in [-0.05, 0) is 56.4 Å². The molecule has 144 valence electrons. The highest BCUT2D eigenvalue weighted by atomic mass is 31.3. The molecule has 1 rings (SSSR count). The maximum Gasteiger partial charge on any atom is 0.220 e. The molecule has 0 aliphatic carbocycles. The largest absolute Gasteiger partial charge is 0.254 e. The lowest BCUT2D eigenvalue weighted by Gasteiger charge is -2.44. The van der Waals surface area contributed by atoms with Crippen LogP contribution >= 0.6 is 22.5 Å². The first kappa shape index (κ1) is 22.5. The van der Waals surface area contributed by atoms with E-state index in [0.717, 1.165) is 13.1 Å². The Bertz CT molecular complexity index is 565. The van der Waals surface area contributed by atoms with Crippen LogP contribution in [-0.4, -0.2) is 88.2 Å². The molecule has 0 saturated heterocycles. The standard InChI is InChI=1S/C12H36N9P3/c1-11-13-22(18(3)4)15-23(14-12-2,19(5)6)17-24(16-22,20(7)8)21(9)10/h13-14H,11-12H2,1-10H3/t22-,23+. The van der Waals surface area contributed by atoms with E-state index in [1.165, 1.54) is 0 Å². The van der Waals surface area contributed by atoms with E-state index >= 15 is 0 Å². The Morgan fingerprint density at radius 3 is 1.25 bits per heavy atom. The molecule has 0 saturated carbocycles. The van der Waals surface area contributed by atoms with E-state index in [4.69, 9.17) is 13.5 Å². The van der Waals surface area contributed by atoms with Gasteiger partial charge in [0.05, 0.1) is 0 Å². The summed E-state index contributed by atoms with van der Waals surface area (Å²) in [5.74, 6) is 0. The first-order chi connectivity index (χ1) is 11.0. The van der Waals surface area contributed by atoms with Gasteiger partial charge < -0.3 is 0 Å². The van der Waals surface area contributed by atoms with Crippen LogP contribution in [0.3, 0.4) is 0 Å². The van der Waals surface area contributed by atoms with E-state index in [-0.39, 0.29) is 0 Å². The van der Waals surface area contributed by atoms with Gasteiger partial charge in [0.2, 0.25) is 22.5 Å². The number of nitrogens with one attached hydrogen (secondary N) is 2. The Kier molecular flexibility index (Phi) is 7.90. The van der Waals surface area contributed by atoms with Crippen LogP contribution < -0.4 is 10.2 Å². The smallest absolute Gasteiger partial charge is 0.220 e. The van der Waals surface area contributed by atoms with Gasteiger partial charge in [-0.25, -0.2) is 18.7 Å². The van der Waals surface area contributed by atoms with Crippen LogP contribution in [0, 0.1) is 0 Å². The van der Waals surface area contributed by atoms with E-state index in [1.807, 2.05) is 0 Å². The Labute approximate surface area is 148 Å². The van der Waals surface area contributed by atoms with Gasteiger partial charge in [-0.1, -0.05) is 13.8 Å². The summed E-state index contributed by atoms with van der Waals surface area (Å²) in [6, 6.07) is 0. The second-order valence-corrected chi connectivity index (χ2v) is 15.7. The zero-order valence-electron chi connectivity index (χ0n) is 16.9. The minimum absolute atomic E-state index is 0.819. The van der Waals surface area contributed by atoms with E-state index in [1.54, 1.807) is 0 Å². The van der Waals surface area contributed by atoms with Gasteiger partial charge in [-0.15, -0.1) is 0 Å². The maximum atomic E-state index is 5.31. The van der Waals surface area contributed by atoms with Crippen molar-refractivity contribution in [3.63, 3.8) is 0 Å². The maximum absolute atomic E-state index is 5.31. The summed E-state index contributed by atoms with van der Waals surface area (Å²) in [6.07, 6.45) is 0. The van der Waals surface area contributed by atoms with Crippen molar-refractivity contribution in [2.75, 3.05) is 69.5 Å². The van der Waals surface area contributed by atoms with Crippen molar-refractivity contribution in [2.45, 2.75) is 13.8 Å². The van der Waals surface area contributed by atoms with Gasteiger partial charge in [-0.3, -0.25) is 10.2 Å². The van der Waals surface area contributed by atoms with Gasteiger partial charge in [0.15, 0.2) is 0 Å². The van der Waals surface area contributed by atoms with Crippen LogP contribution in [0.2, 0.25) is 0 Å². The quantitative estimate of drug-likeness (QED) is 0.610. The van der Waals surface area contributed by atoms with Crippen molar-refractivity contribution < 1.29 is 0 Å². The fraction of sp³-hybridized carbons (Fsp3) is 1.00. The lowest BCUT2D eigenvalue weighted by molar-refractivity contribution is 0.557. The minimum Gasteiger partial charge on any atom is -0.254 e. The summed E-state index contributed by atoms with van der Waals surface area (Å²) in [5, 5.41) is 7.22. The SMILES string of the molecule is CCN[P@@]1(N(C)C)=N[P@](NCC)(N(C)C)=NP(N(C)C)(N(C)C)=N1. The topological polar surface area (TPSA) is 74.1 Å². The number of hydrogen-bond acceptors (Lipinski definition) is 9. The molecule has 0 bridgehead atoms. The molecule has 0 aromatic carbocycles. The Morgan fingerprint density at radius 2 is 0.958 bits per heavy atom. The van der Waals surface area contributed by atoms with Gasteiger partial charge in [-0.2, -0.15) is 13.5 Å².